The SMILES string of the molecule is Cc1nc(-c2cc(-c3cncc(C(=O)N4CCC(C)(O)C4)c3)ccn2)[nH]c1C. The van der Waals surface area contributed by atoms with E-state index in [1.165, 1.54) is 0 Å². The number of aliphatic hydroxyl groups is 1. The van der Waals surface area contributed by atoms with Crippen LogP contribution >= 0.6 is 0 Å². The van der Waals surface area contributed by atoms with E-state index in [9.17, 15) is 9.90 Å². The second kappa shape index (κ2) is 6.83. The maximum absolute atomic E-state index is 12.8. The van der Waals surface area contributed by atoms with Crippen LogP contribution in [-0.4, -0.2) is 54.5 Å². The van der Waals surface area contributed by atoms with Gasteiger partial charge in [0.1, 0.15) is 5.69 Å². The molecular weight excluding hydrogens is 354 g/mol. The monoisotopic (exact) mass is 377 g/mol. The molecule has 0 bridgehead atoms. The highest BCUT2D eigenvalue weighted by Crippen LogP contribution is 2.26. The van der Waals surface area contributed by atoms with Gasteiger partial charge in [-0.15, -0.1) is 0 Å². The van der Waals surface area contributed by atoms with Crippen LogP contribution < -0.4 is 0 Å². The van der Waals surface area contributed by atoms with E-state index in [0.717, 1.165) is 34.0 Å². The first kappa shape index (κ1) is 18.3. The summed E-state index contributed by atoms with van der Waals surface area (Å²) < 4.78 is 0. The summed E-state index contributed by atoms with van der Waals surface area (Å²) in [7, 11) is 0. The minimum absolute atomic E-state index is 0.112. The number of hydrogen-bond acceptors (Lipinski definition) is 5. The lowest BCUT2D eigenvalue weighted by atomic mass is 10.1. The van der Waals surface area contributed by atoms with Gasteiger partial charge in [0.2, 0.25) is 0 Å². The number of aromatic amines is 1. The Balaban J connectivity index is 1.63. The van der Waals surface area contributed by atoms with E-state index < -0.39 is 5.60 Å². The van der Waals surface area contributed by atoms with E-state index in [1.54, 1.807) is 30.4 Å². The van der Waals surface area contributed by atoms with Crippen LogP contribution in [0, 0.1) is 13.8 Å². The maximum Gasteiger partial charge on any atom is 0.255 e. The molecule has 1 aliphatic rings. The first-order valence-corrected chi connectivity index (χ1v) is 9.29. The molecule has 7 heteroatoms. The molecule has 28 heavy (non-hydrogen) atoms. The number of nitrogens with zero attached hydrogens (tertiary/aromatic N) is 4. The van der Waals surface area contributed by atoms with Crippen LogP contribution in [0.4, 0.5) is 0 Å². The number of carbonyl (C=O) groups excluding carboxylic acids is 1. The number of aryl methyl sites for hydroxylation is 2. The summed E-state index contributed by atoms with van der Waals surface area (Å²) in [6.45, 7) is 6.57. The summed E-state index contributed by atoms with van der Waals surface area (Å²) in [6.07, 6.45) is 5.61. The number of β-amino-alcohol motifs (C(OH)–C–C–N with tert-alkyl or cyclic N) is 1. The molecule has 0 spiro atoms. The Bertz CT molecular complexity index is 1020. The van der Waals surface area contributed by atoms with Crippen LogP contribution in [0.5, 0.6) is 0 Å². The highest BCUT2D eigenvalue weighted by atomic mass is 16.3. The van der Waals surface area contributed by atoms with Crippen molar-refractivity contribution < 1.29 is 9.90 Å². The quantitative estimate of drug-likeness (QED) is 0.732. The average Bonchev–Trinajstić information content (AvgIpc) is 3.23. The van der Waals surface area contributed by atoms with Gasteiger partial charge in [-0.2, -0.15) is 0 Å². The number of hydrogen-bond donors (Lipinski definition) is 2. The van der Waals surface area contributed by atoms with Crippen LogP contribution in [0.3, 0.4) is 0 Å². The van der Waals surface area contributed by atoms with Gasteiger partial charge in [-0.05, 0) is 51.0 Å². The first-order valence-electron chi connectivity index (χ1n) is 9.29. The second-order valence-corrected chi connectivity index (χ2v) is 7.66. The number of imidazole rings is 1. The molecule has 0 aliphatic carbocycles. The zero-order chi connectivity index (χ0) is 19.9. The summed E-state index contributed by atoms with van der Waals surface area (Å²) in [4.78, 5) is 30.9. The molecule has 3 aromatic rings. The molecule has 144 valence electrons. The summed E-state index contributed by atoms with van der Waals surface area (Å²) in [5.41, 5.74) is 4.13. The fourth-order valence-corrected chi connectivity index (χ4v) is 3.42. The van der Waals surface area contributed by atoms with Gasteiger partial charge in [0.25, 0.3) is 5.91 Å². The smallest absolute Gasteiger partial charge is 0.255 e. The van der Waals surface area contributed by atoms with Gasteiger partial charge < -0.3 is 15.0 Å². The van der Waals surface area contributed by atoms with Crippen molar-refractivity contribution >= 4 is 5.91 Å². The highest BCUT2D eigenvalue weighted by molar-refractivity contribution is 5.95. The summed E-state index contributed by atoms with van der Waals surface area (Å²) in [6, 6.07) is 5.65. The van der Waals surface area contributed by atoms with Gasteiger partial charge >= 0.3 is 0 Å². The third-order valence-corrected chi connectivity index (χ3v) is 5.19. The maximum atomic E-state index is 12.8. The standard InChI is InChI=1S/C21H23N5O2/c1-13-14(2)25-19(24-13)18-9-15(4-6-23-18)16-8-17(11-22-10-16)20(27)26-7-5-21(3,28)12-26/h4,6,8-11,28H,5,7,12H2,1-3H3,(H,24,25). The Labute approximate surface area is 163 Å². The molecule has 4 heterocycles. The topological polar surface area (TPSA) is 95.0 Å². The predicted octanol–water partition coefficient (Wildman–Crippen LogP) is 2.75. The fraction of sp³-hybridized carbons (Fsp3) is 0.333. The third kappa shape index (κ3) is 3.53. The van der Waals surface area contributed by atoms with Gasteiger partial charge in [-0.1, -0.05) is 0 Å². The average molecular weight is 377 g/mol. The van der Waals surface area contributed by atoms with Crippen molar-refractivity contribution in [2.24, 2.45) is 0 Å². The van der Waals surface area contributed by atoms with Crippen LogP contribution in [-0.2, 0) is 0 Å². The van der Waals surface area contributed by atoms with Gasteiger partial charge in [-0.3, -0.25) is 14.8 Å². The lowest BCUT2D eigenvalue weighted by Crippen LogP contribution is -2.33. The molecule has 1 saturated heterocycles. The number of rotatable bonds is 3. The van der Waals surface area contributed by atoms with Gasteiger partial charge in [0, 0.05) is 42.9 Å². The van der Waals surface area contributed by atoms with Gasteiger partial charge in [-0.25, -0.2) is 4.98 Å². The van der Waals surface area contributed by atoms with E-state index in [4.69, 9.17) is 0 Å². The normalized spacial score (nSPS) is 19.2. The fourth-order valence-electron chi connectivity index (χ4n) is 3.42. The minimum atomic E-state index is -0.819. The highest BCUT2D eigenvalue weighted by Gasteiger charge is 2.34. The molecule has 0 aromatic carbocycles. The summed E-state index contributed by atoms with van der Waals surface area (Å²) in [5.74, 6) is 0.607. The van der Waals surface area contributed by atoms with Crippen molar-refractivity contribution in [2.75, 3.05) is 13.1 Å². The molecule has 3 aromatic heterocycles. The Kier molecular flexibility index (Phi) is 4.47. The van der Waals surface area contributed by atoms with Crippen LogP contribution in [0.2, 0.25) is 0 Å². The first-order chi connectivity index (χ1) is 13.3. The molecule has 1 atom stereocenters. The molecule has 2 N–H and O–H groups in total. The Morgan fingerprint density at radius 1 is 1.25 bits per heavy atom. The number of H-pyrrole nitrogens is 1. The molecular formula is C21H23N5O2. The number of amides is 1. The number of nitrogens with one attached hydrogen (secondary N) is 1. The Morgan fingerprint density at radius 2 is 2.07 bits per heavy atom. The summed E-state index contributed by atoms with van der Waals surface area (Å²) in [5, 5.41) is 10.1. The molecule has 1 amide bonds. The Morgan fingerprint density at radius 3 is 2.75 bits per heavy atom. The third-order valence-electron chi connectivity index (χ3n) is 5.19. The van der Waals surface area contributed by atoms with Crippen molar-refractivity contribution in [3.05, 3.63) is 53.7 Å². The van der Waals surface area contributed by atoms with Crippen molar-refractivity contribution in [3.63, 3.8) is 0 Å². The lowest BCUT2D eigenvalue weighted by molar-refractivity contribution is 0.0572. The van der Waals surface area contributed by atoms with E-state index in [-0.39, 0.29) is 5.91 Å². The van der Waals surface area contributed by atoms with E-state index in [1.807, 2.05) is 32.0 Å². The van der Waals surface area contributed by atoms with Crippen LogP contribution in [0.25, 0.3) is 22.6 Å². The van der Waals surface area contributed by atoms with Crippen molar-refractivity contribution in [1.82, 2.24) is 24.8 Å². The number of carbonyl (C=O) groups is 1. The number of likely N-dealkylation sites (tertiary alicyclic amines) is 1. The largest absolute Gasteiger partial charge is 0.388 e. The lowest BCUT2D eigenvalue weighted by Gasteiger charge is -2.19. The van der Waals surface area contributed by atoms with E-state index in [0.29, 0.717) is 25.1 Å². The van der Waals surface area contributed by atoms with Crippen molar-refractivity contribution in [1.29, 1.82) is 0 Å². The Hall–Kier alpha value is -3.06. The molecule has 0 saturated carbocycles. The van der Waals surface area contributed by atoms with Crippen LogP contribution in [0.1, 0.15) is 35.1 Å². The number of pyridine rings is 2. The van der Waals surface area contributed by atoms with E-state index >= 15 is 0 Å². The molecule has 0 radical (unpaired) electrons. The number of aromatic nitrogens is 4. The van der Waals surface area contributed by atoms with Crippen LogP contribution in [0.15, 0.2) is 36.8 Å². The van der Waals surface area contributed by atoms with Crippen molar-refractivity contribution in [3.8, 4) is 22.6 Å². The van der Waals surface area contributed by atoms with Gasteiger partial charge in [0.05, 0.1) is 16.9 Å². The molecule has 1 aliphatic heterocycles. The predicted molar refractivity (Wildman–Crippen MR) is 106 cm³/mol. The molecule has 1 unspecified atom stereocenters. The van der Waals surface area contributed by atoms with E-state index in [2.05, 4.69) is 19.9 Å². The molecule has 4 rings (SSSR count). The molecule has 1 fully saturated rings. The van der Waals surface area contributed by atoms with Gasteiger partial charge in [0.15, 0.2) is 5.82 Å². The summed E-state index contributed by atoms with van der Waals surface area (Å²) >= 11 is 0. The zero-order valence-corrected chi connectivity index (χ0v) is 16.2. The van der Waals surface area contributed by atoms with Crippen molar-refractivity contribution in [2.45, 2.75) is 32.8 Å². The zero-order valence-electron chi connectivity index (χ0n) is 16.2. The minimum Gasteiger partial charge on any atom is -0.388 e. The molecule has 7 nitrogen and oxygen atoms in total. The second-order valence-electron chi connectivity index (χ2n) is 7.66.